The Morgan fingerprint density at radius 1 is 0.619 bits per heavy atom. The van der Waals surface area contributed by atoms with Crippen LogP contribution in [0.4, 0.5) is 0 Å². The molecule has 3 aliphatic carbocycles. The molecule has 1 fully saturated rings. The van der Waals surface area contributed by atoms with Crippen molar-refractivity contribution < 1.29 is 4.79 Å². The van der Waals surface area contributed by atoms with Gasteiger partial charge in [0.05, 0.1) is 0 Å². The molecular weight excluding hydrogens is 256 g/mol. The molecule has 3 rings (SSSR count). The average molecular weight is 278 g/mol. The van der Waals surface area contributed by atoms with Gasteiger partial charge in [-0.1, -0.05) is 79.3 Å². The zero-order chi connectivity index (χ0) is 14.5. The predicted octanol–water partition coefficient (Wildman–Crippen LogP) is 4.57. The highest BCUT2D eigenvalue weighted by molar-refractivity contribution is 5.85. The van der Waals surface area contributed by atoms with E-state index in [1.54, 1.807) is 0 Å². The molecule has 1 saturated carbocycles. The first-order valence-corrected chi connectivity index (χ1v) is 7.93. The third-order valence-electron chi connectivity index (χ3n) is 4.69. The molecule has 0 aromatic heterocycles. The lowest BCUT2D eigenvalue weighted by molar-refractivity contribution is -0.130. The van der Waals surface area contributed by atoms with Crippen LogP contribution in [0.15, 0.2) is 72.9 Å². The van der Waals surface area contributed by atoms with E-state index in [1.165, 1.54) is 0 Å². The number of ketones is 1. The van der Waals surface area contributed by atoms with Gasteiger partial charge in [0.15, 0.2) is 0 Å². The lowest BCUT2D eigenvalue weighted by Crippen LogP contribution is -2.35. The van der Waals surface area contributed by atoms with Crippen LogP contribution in [0.5, 0.6) is 0 Å². The molecule has 3 aliphatic rings. The monoisotopic (exact) mass is 278 g/mol. The maximum Gasteiger partial charge on any atom is 0.140 e. The summed E-state index contributed by atoms with van der Waals surface area (Å²) in [5, 5.41) is 0. The Hall–Kier alpha value is -1.89. The van der Waals surface area contributed by atoms with Crippen molar-refractivity contribution in [3.05, 3.63) is 72.9 Å². The predicted molar refractivity (Wildman–Crippen MR) is 87.7 cm³/mol. The Balaban J connectivity index is 1.77. The van der Waals surface area contributed by atoms with Crippen LogP contribution >= 0.6 is 0 Å². The van der Waals surface area contributed by atoms with Crippen LogP contribution in [0, 0.1) is 23.7 Å². The molecule has 0 spiro atoms. The molecule has 0 N–H and O–H groups in total. The van der Waals surface area contributed by atoms with Gasteiger partial charge in [-0.25, -0.2) is 0 Å². The molecule has 0 aliphatic heterocycles. The smallest absolute Gasteiger partial charge is 0.140 e. The third kappa shape index (κ3) is 3.24. The first-order valence-electron chi connectivity index (χ1n) is 7.93. The van der Waals surface area contributed by atoms with Gasteiger partial charge >= 0.3 is 0 Å². The third-order valence-corrected chi connectivity index (χ3v) is 4.69. The Morgan fingerprint density at radius 3 is 1.38 bits per heavy atom. The molecule has 1 nitrogen and oxygen atoms in total. The van der Waals surface area contributed by atoms with Gasteiger partial charge in [-0.15, -0.1) is 0 Å². The lowest BCUT2D eigenvalue weighted by atomic mass is 9.69. The number of rotatable bonds is 2. The van der Waals surface area contributed by atoms with E-state index in [1.807, 2.05) is 24.3 Å². The van der Waals surface area contributed by atoms with Crippen LogP contribution in [-0.4, -0.2) is 5.78 Å². The van der Waals surface area contributed by atoms with Crippen molar-refractivity contribution in [1.29, 1.82) is 0 Å². The molecule has 2 atom stereocenters. The summed E-state index contributed by atoms with van der Waals surface area (Å²) < 4.78 is 0. The number of allylic oxidation sites excluding steroid dienone is 12. The second-order valence-electron chi connectivity index (χ2n) is 6.01. The van der Waals surface area contributed by atoms with E-state index in [9.17, 15) is 4.79 Å². The van der Waals surface area contributed by atoms with Crippen LogP contribution in [0.3, 0.4) is 0 Å². The average Bonchev–Trinajstić information content (AvgIpc) is 2.92. The lowest BCUT2D eigenvalue weighted by Gasteiger charge is -2.33. The van der Waals surface area contributed by atoms with Crippen LogP contribution in [0.25, 0.3) is 0 Å². The number of hydrogen-bond acceptors (Lipinski definition) is 1. The Bertz CT molecular complexity index is 476. The van der Waals surface area contributed by atoms with E-state index >= 15 is 0 Å². The van der Waals surface area contributed by atoms with E-state index in [0.717, 1.165) is 19.3 Å². The standard InChI is InChI=1S/C20H22O/c21-20-18(16-10-5-1-2-6-11-16)14-9-15-19(20)17-12-7-3-4-8-13-17/h1-8,10-13,16-19H,9,14-15H2. The number of Topliss-reactive ketones (excluding diaryl/α,β-unsaturated/α-hetero) is 1. The Labute approximate surface area is 127 Å². The zero-order valence-corrected chi connectivity index (χ0v) is 12.3. The van der Waals surface area contributed by atoms with Crippen molar-refractivity contribution in [3.8, 4) is 0 Å². The van der Waals surface area contributed by atoms with Crippen molar-refractivity contribution in [2.24, 2.45) is 23.7 Å². The summed E-state index contributed by atoms with van der Waals surface area (Å²) in [4.78, 5) is 13.0. The maximum absolute atomic E-state index is 13.0. The normalized spacial score (nSPS) is 29.8. The Kier molecular flexibility index (Phi) is 4.49. The second kappa shape index (κ2) is 6.71. The molecule has 0 amide bonds. The van der Waals surface area contributed by atoms with Gasteiger partial charge in [-0.3, -0.25) is 4.79 Å². The number of hydrogen-bond donors (Lipinski definition) is 0. The summed E-state index contributed by atoms with van der Waals surface area (Å²) in [6, 6.07) is 0. The Morgan fingerprint density at radius 2 is 1.00 bits per heavy atom. The fourth-order valence-corrected chi connectivity index (χ4v) is 3.57. The van der Waals surface area contributed by atoms with E-state index in [4.69, 9.17) is 0 Å². The van der Waals surface area contributed by atoms with Gasteiger partial charge in [0.25, 0.3) is 0 Å². The van der Waals surface area contributed by atoms with Gasteiger partial charge in [0.1, 0.15) is 5.78 Å². The van der Waals surface area contributed by atoms with Gasteiger partial charge in [0, 0.05) is 23.7 Å². The minimum Gasteiger partial charge on any atom is -0.299 e. The summed E-state index contributed by atoms with van der Waals surface area (Å²) in [5.41, 5.74) is 0. The maximum atomic E-state index is 13.0. The summed E-state index contributed by atoms with van der Waals surface area (Å²) in [6.45, 7) is 0. The molecule has 108 valence electrons. The molecular formula is C20H22O. The highest BCUT2D eigenvalue weighted by atomic mass is 16.1. The van der Waals surface area contributed by atoms with Gasteiger partial charge in [-0.2, -0.15) is 0 Å². The van der Waals surface area contributed by atoms with Gasteiger partial charge < -0.3 is 0 Å². The van der Waals surface area contributed by atoms with Crippen molar-refractivity contribution >= 4 is 5.78 Å². The largest absolute Gasteiger partial charge is 0.299 e. The minimum atomic E-state index is 0.147. The summed E-state index contributed by atoms with van der Waals surface area (Å²) >= 11 is 0. The SMILES string of the molecule is O=C1C(C2C=CC=CC=C2)CCCC1C1C=CC=CC=C1. The van der Waals surface area contributed by atoms with Crippen molar-refractivity contribution in [3.63, 3.8) is 0 Å². The van der Waals surface area contributed by atoms with Crippen molar-refractivity contribution in [1.82, 2.24) is 0 Å². The molecule has 0 heterocycles. The molecule has 0 aromatic carbocycles. The summed E-state index contributed by atoms with van der Waals surface area (Å²) in [6.07, 6.45) is 28.3. The van der Waals surface area contributed by atoms with Gasteiger partial charge in [0.2, 0.25) is 0 Å². The summed E-state index contributed by atoms with van der Waals surface area (Å²) in [7, 11) is 0. The number of carbonyl (C=O) groups is 1. The van der Waals surface area contributed by atoms with Crippen LogP contribution in [0.2, 0.25) is 0 Å². The van der Waals surface area contributed by atoms with Gasteiger partial charge in [-0.05, 0) is 12.8 Å². The fraction of sp³-hybridized carbons (Fsp3) is 0.350. The minimum absolute atomic E-state index is 0.147. The van der Waals surface area contributed by atoms with Crippen LogP contribution in [-0.2, 0) is 4.79 Å². The second-order valence-corrected chi connectivity index (χ2v) is 6.01. The molecule has 0 bridgehead atoms. The van der Waals surface area contributed by atoms with E-state index in [-0.39, 0.29) is 23.7 Å². The first-order chi connectivity index (χ1) is 10.4. The van der Waals surface area contributed by atoms with Crippen molar-refractivity contribution in [2.75, 3.05) is 0 Å². The highest BCUT2D eigenvalue weighted by Crippen LogP contribution is 2.37. The molecule has 0 saturated heterocycles. The molecule has 21 heavy (non-hydrogen) atoms. The summed E-state index contributed by atoms with van der Waals surface area (Å²) in [5.74, 6) is 1.26. The molecule has 2 unspecified atom stereocenters. The molecule has 0 aromatic rings. The van der Waals surface area contributed by atoms with Crippen LogP contribution in [0.1, 0.15) is 19.3 Å². The number of carbonyl (C=O) groups excluding carboxylic acids is 1. The van der Waals surface area contributed by atoms with Crippen molar-refractivity contribution in [2.45, 2.75) is 19.3 Å². The fourth-order valence-electron chi connectivity index (χ4n) is 3.57. The molecule has 0 radical (unpaired) electrons. The highest BCUT2D eigenvalue weighted by Gasteiger charge is 2.36. The molecule has 1 heteroatoms. The van der Waals surface area contributed by atoms with E-state index < -0.39 is 0 Å². The zero-order valence-electron chi connectivity index (χ0n) is 12.3. The quantitative estimate of drug-likeness (QED) is 0.723. The van der Waals surface area contributed by atoms with Crippen LogP contribution < -0.4 is 0 Å². The van der Waals surface area contributed by atoms with E-state index in [2.05, 4.69) is 48.6 Å². The topological polar surface area (TPSA) is 17.1 Å². The first kappa shape index (κ1) is 14.1. The van der Waals surface area contributed by atoms with E-state index in [0.29, 0.717) is 5.78 Å².